The first-order valence-corrected chi connectivity index (χ1v) is 6.14. The molecule has 0 aliphatic heterocycles. The van der Waals surface area contributed by atoms with Gasteiger partial charge >= 0.3 is 5.97 Å². The first-order chi connectivity index (χ1) is 9.99. The van der Waals surface area contributed by atoms with Gasteiger partial charge in [-0.05, 0) is 24.3 Å². The highest BCUT2D eigenvalue weighted by molar-refractivity contribution is 6.31. The molecule has 0 aliphatic rings. The Bertz CT molecular complexity index is 697. The van der Waals surface area contributed by atoms with Crippen LogP contribution in [0.25, 0.3) is 0 Å². The van der Waals surface area contributed by atoms with Gasteiger partial charge in [-0.1, -0.05) is 11.6 Å². The Morgan fingerprint density at radius 1 is 1.33 bits per heavy atom. The summed E-state index contributed by atoms with van der Waals surface area (Å²) in [6.45, 7) is -0.515. The highest BCUT2D eigenvalue weighted by atomic mass is 35.5. The van der Waals surface area contributed by atoms with Gasteiger partial charge in [0.1, 0.15) is 5.56 Å². The molecular weight excluding hydrogens is 300 g/mol. The number of hydrogen-bond donors (Lipinski definition) is 1. The summed E-state index contributed by atoms with van der Waals surface area (Å²) < 4.78 is 4.79. The molecule has 8 heteroatoms. The zero-order valence-electron chi connectivity index (χ0n) is 10.5. The molecule has 0 spiro atoms. The highest BCUT2D eigenvalue weighted by Crippen LogP contribution is 2.23. The third-order valence-corrected chi connectivity index (χ3v) is 2.84. The third kappa shape index (κ3) is 3.46. The Morgan fingerprint density at radius 2 is 2.10 bits per heavy atom. The van der Waals surface area contributed by atoms with Crippen LogP contribution in [0.3, 0.4) is 0 Å². The molecule has 1 heterocycles. The van der Waals surface area contributed by atoms with E-state index in [0.717, 1.165) is 6.07 Å². The van der Waals surface area contributed by atoms with Crippen LogP contribution < -0.4 is 0 Å². The SMILES string of the molecule is O=C(COC(=O)c1ccc(Cl)cc1[N+](=O)[O-])c1ccc[nH]1. The third-order valence-electron chi connectivity index (χ3n) is 2.61. The number of carbonyl (C=O) groups excluding carboxylic acids is 2. The predicted octanol–water partition coefficient (Wildman–Crippen LogP) is 2.62. The van der Waals surface area contributed by atoms with Crippen LogP contribution in [0.2, 0.25) is 5.02 Å². The molecule has 0 atom stereocenters. The van der Waals surface area contributed by atoms with Crippen LogP contribution in [-0.4, -0.2) is 28.3 Å². The fourth-order valence-electron chi connectivity index (χ4n) is 1.62. The van der Waals surface area contributed by atoms with Crippen molar-refractivity contribution in [2.75, 3.05) is 6.61 Å². The summed E-state index contributed by atoms with van der Waals surface area (Å²) in [7, 11) is 0. The molecule has 0 unspecified atom stereocenters. The second-order valence-corrected chi connectivity index (χ2v) is 4.44. The van der Waals surface area contributed by atoms with E-state index in [1.54, 1.807) is 12.3 Å². The van der Waals surface area contributed by atoms with Gasteiger partial charge in [-0.15, -0.1) is 0 Å². The fraction of sp³-hybridized carbons (Fsp3) is 0.0769. The van der Waals surface area contributed by atoms with Gasteiger partial charge in [0.2, 0.25) is 5.78 Å². The average Bonchev–Trinajstić information content (AvgIpc) is 2.98. The van der Waals surface area contributed by atoms with Gasteiger partial charge in [0, 0.05) is 17.3 Å². The summed E-state index contributed by atoms with van der Waals surface area (Å²) in [6.07, 6.45) is 1.55. The van der Waals surface area contributed by atoms with Crippen molar-refractivity contribution in [3.05, 3.63) is 62.9 Å². The van der Waals surface area contributed by atoms with Crippen molar-refractivity contribution < 1.29 is 19.2 Å². The number of ether oxygens (including phenoxy) is 1. The number of hydrogen-bond acceptors (Lipinski definition) is 5. The van der Waals surface area contributed by atoms with Gasteiger partial charge in [0.15, 0.2) is 6.61 Å². The van der Waals surface area contributed by atoms with Crippen LogP contribution in [0, 0.1) is 10.1 Å². The van der Waals surface area contributed by atoms with E-state index >= 15 is 0 Å². The number of Topliss-reactive ketones (excluding diaryl/α,β-unsaturated/α-hetero) is 1. The number of esters is 1. The molecule has 2 rings (SSSR count). The number of nitro benzene ring substituents is 1. The minimum absolute atomic E-state index is 0.126. The molecule has 0 fully saturated rings. The van der Waals surface area contributed by atoms with Gasteiger partial charge in [0.05, 0.1) is 10.6 Å². The molecule has 108 valence electrons. The van der Waals surface area contributed by atoms with E-state index in [2.05, 4.69) is 4.98 Å². The molecule has 1 aromatic carbocycles. The highest BCUT2D eigenvalue weighted by Gasteiger charge is 2.22. The lowest BCUT2D eigenvalue weighted by molar-refractivity contribution is -0.385. The van der Waals surface area contributed by atoms with Crippen molar-refractivity contribution in [3.8, 4) is 0 Å². The van der Waals surface area contributed by atoms with Crippen LogP contribution in [0.15, 0.2) is 36.5 Å². The van der Waals surface area contributed by atoms with E-state index in [0.29, 0.717) is 0 Å². The molecule has 0 saturated heterocycles. The van der Waals surface area contributed by atoms with Crippen molar-refractivity contribution in [2.24, 2.45) is 0 Å². The number of carbonyl (C=O) groups is 2. The number of nitrogens with zero attached hydrogens (tertiary/aromatic N) is 1. The number of rotatable bonds is 5. The number of ketones is 1. The minimum atomic E-state index is -0.960. The van der Waals surface area contributed by atoms with E-state index in [1.807, 2.05) is 0 Å². The Kier molecular flexibility index (Phi) is 4.34. The fourth-order valence-corrected chi connectivity index (χ4v) is 1.79. The summed E-state index contributed by atoms with van der Waals surface area (Å²) in [4.78, 5) is 36.3. The summed E-state index contributed by atoms with van der Waals surface area (Å²) in [5.41, 5.74) is -0.447. The van der Waals surface area contributed by atoms with Crippen molar-refractivity contribution in [1.29, 1.82) is 0 Å². The van der Waals surface area contributed by atoms with Crippen LogP contribution in [-0.2, 0) is 4.74 Å². The maximum atomic E-state index is 11.8. The van der Waals surface area contributed by atoms with E-state index in [-0.39, 0.29) is 16.3 Å². The van der Waals surface area contributed by atoms with Crippen LogP contribution >= 0.6 is 11.6 Å². The maximum Gasteiger partial charge on any atom is 0.345 e. The molecule has 0 bridgehead atoms. The molecule has 0 radical (unpaired) electrons. The molecule has 1 N–H and O–H groups in total. The topological polar surface area (TPSA) is 102 Å². The number of H-pyrrole nitrogens is 1. The molecule has 7 nitrogen and oxygen atoms in total. The zero-order valence-corrected chi connectivity index (χ0v) is 11.3. The summed E-state index contributed by atoms with van der Waals surface area (Å²) in [5.74, 6) is -1.40. The molecular formula is C13H9ClN2O5. The molecule has 0 aliphatic carbocycles. The first-order valence-electron chi connectivity index (χ1n) is 5.76. The number of nitro groups is 1. The second-order valence-electron chi connectivity index (χ2n) is 4.00. The van der Waals surface area contributed by atoms with Gasteiger partial charge < -0.3 is 9.72 Å². The van der Waals surface area contributed by atoms with Gasteiger partial charge in [0.25, 0.3) is 5.69 Å². The van der Waals surface area contributed by atoms with Crippen LogP contribution in [0.4, 0.5) is 5.69 Å². The summed E-state index contributed by atoms with van der Waals surface area (Å²) in [6, 6.07) is 6.71. The number of benzene rings is 1. The first kappa shape index (κ1) is 14.7. The average molecular weight is 309 g/mol. The Labute approximate surface area is 123 Å². The van der Waals surface area contributed by atoms with Crippen molar-refractivity contribution in [2.45, 2.75) is 0 Å². The molecule has 21 heavy (non-hydrogen) atoms. The van der Waals surface area contributed by atoms with Gasteiger partial charge in [-0.2, -0.15) is 0 Å². The summed E-state index contributed by atoms with van der Waals surface area (Å²) in [5, 5.41) is 11.0. The van der Waals surface area contributed by atoms with E-state index in [1.165, 1.54) is 18.2 Å². The van der Waals surface area contributed by atoms with Crippen molar-refractivity contribution in [1.82, 2.24) is 4.98 Å². The molecule has 0 saturated carbocycles. The Hall–Kier alpha value is -2.67. The van der Waals surface area contributed by atoms with E-state index in [4.69, 9.17) is 16.3 Å². The Morgan fingerprint density at radius 3 is 2.71 bits per heavy atom. The maximum absolute atomic E-state index is 11.8. The van der Waals surface area contributed by atoms with E-state index in [9.17, 15) is 19.7 Å². The molecule has 2 aromatic rings. The Balaban J connectivity index is 2.10. The minimum Gasteiger partial charge on any atom is -0.453 e. The van der Waals surface area contributed by atoms with Crippen molar-refractivity contribution >= 4 is 29.0 Å². The monoisotopic (exact) mass is 308 g/mol. The smallest absolute Gasteiger partial charge is 0.345 e. The number of halogens is 1. The van der Waals surface area contributed by atoms with E-state index < -0.39 is 29.0 Å². The van der Waals surface area contributed by atoms with Crippen LogP contribution in [0.5, 0.6) is 0 Å². The normalized spacial score (nSPS) is 10.1. The van der Waals surface area contributed by atoms with Gasteiger partial charge in [-0.25, -0.2) is 4.79 Å². The lowest BCUT2D eigenvalue weighted by Gasteiger charge is -2.04. The lowest BCUT2D eigenvalue weighted by Crippen LogP contribution is -2.15. The molecule has 1 aromatic heterocycles. The standard InChI is InChI=1S/C13H9ClN2O5/c14-8-3-4-9(11(6-8)16(19)20)13(18)21-7-12(17)10-2-1-5-15-10/h1-6,15H,7H2. The number of aromatic amines is 1. The largest absolute Gasteiger partial charge is 0.453 e. The number of nitrogens with one attached hydrogen (secondary N) is 1. The zero-order chi connectivity index (χ0) is 15.4. The van der Waals surface area contributed by atoms with Crippen molar-refractivity contribution in [3.63, 3.8) is 0 Å². The second kappa shape index (κ2) is 6.19. The van der Waals surface area contributed by atoms with Gasteiger partial charge in [-0.3, -0.25) is 14.9 Å². The lowest BCUT2D eigenvalue weighted by atomic mass is 10.2. The summed E-state index contributed by atoms with van der Waals surface area (Å²) >= 11 is 5.65. The number of aromatic nitrogens is 1. The van der Waals surface area contributed by atoms with Crippen LogP contribution in [0.1, 0.15) is 20.8 Å². The molecule has 0 amide bonds. The predicted molar refractivity (Wildman–Crippen MR) is 73.5 cm³/mol. The quantitative estimate of drug-likeness (QED) is 0.396.